The summed E-state index contributed by atoms with van der Waals surface area (Å²) in [6, 6.07) is -1.05. The Morgan fingerprint density at radius 2 is 2.00 bits per heavy atom. The number of carbonyl (C=O) groups excluding carboxylic acids is 2. The van der Waals surface area contributed by atoms with Gasteiger partial charge in [0.2, 0.25) is 5.91 Å². The largest absolute Gasteiger partial charge is 0.467 e. The first kappa shape index (κ1) is 14.0. The van der Waals surface area contributed by atoms with Crippen LogP contribution in [0.15, 0.2) is 0 Å². The molecule has 5 nitrogen and oxygen atoms in total. The minimum atomic E-state index is -0.590. The van der Waals surface area contributed by atoms with E-state index >= 15 is 0 Å². The fraction of sp³-hybridized carbons (Fsp3) is 0.833. The molecule has 5 heteroatoms. The van der Waals surface area contributed by atoms with Crippen LogP contribution < -0.4 is 5.73 Å². The Morgan fingerprint density at radius 3 is 2.47 bits per heavy atom. The topological polar surface area (TPSA) is 72.6 Å². The predicted octanol–water partition coefficient (Wildman–Crippen LogP) is 0.524. The van der Waals surface area contributed by atoms with E-state index in [2.05, 4.69) is 0 Å². The van der Waals surface area contributed by atoms with Gasteiger partial charge in [0.1, 0.15) is 6.04 Å². The van der Waals surface area contributed by atoms with E-state index in [4.69, 9.17) is 10.5 Å². The molecule has 1 amide bonds. The minimum Gasteiger partial charge on any atom is -0.467 e. The van der Waals surface area contributed by atoms with Gasteiger partial charge in [-0.25, -0.2) is 4.79 Å². The molecular weight excluding hydrogens is 220 g/mol. The first-order chi connectivity index (χ1) is 7.79. The third-order valence-corrected chi connectivity index (χ3v) is 3.21. The molecule has 0 spiro atoms. The van der Waals surface area contributed by atoms with Gasteiger partial charge in [-0.3, -0.25) is 4.79 Å². The molecule has 2 atom stereocenters. The normalized spacial score (nSPS) is 22.4. The van der Waals surface area contributed by atoms with Crippen molar-refractivity contribution in [3.63, 3.8) is 0 Å². The predicted molar refractivity (Wildman–Crippen MR) is 64.2 cm³/mol. The SMILES string of the molecule is COC(=O)[C@@H]1CCCN1C(=O)[C@@H](N)C(C)(C)C. The van der Waals surface area contributed by atoms with Crippen LogP contribution in [-0.2, 0) is 14.3 Å². The maximum absolute atomic E-state index is 12.2. The number of rotatable bonds is 2. The molecule has 0 aromatic carbocycles. The second-order valence-electron chi connectivity index (χ2n) is 5.56. The van der Waals surface area contributed by atoms with Crippen molar-refractivity contribution in [2.24, 2.45) is 11.1 Å². The summed E-state index contributed by atoms with van der Waals surface area (Å²) in [5.74, 6) is -0.512. The van der Waals surface area contributed by atoms with E-state index in [1.165, 1.54) is 7.11 Å². The Hall–Kier alpha value is -1.10. The molecule has 0 aromatic rings. The third-order valence-electron chi connectivity index (χ3n) is 3.21. The summed E-state index contributed by atoms with van der Waals surface area (Å²) in [5, 5.41) is 0. The van der Waals surface area contributed by atoms with Crippen LogP contribution >= 0.6 is 0 Å². The molecule has 1 saturated heterocycles. The summed E-state index contributed by atoms with van der Waals surface area (Å²) >= 11 is 0. The number of hydrogen-bond donors (Lipinski definition) is 1. The van der Waals surface area contributed by atoms with Gasteiger partial charge in [0.05, 0.1) is 13.2 Å². The number of esters is 1. The maximum atomic E-state index is 12.2. The molecular formula is C12H22N2O3. The average Bonchev–Trinajstić information content (AvgIpc) is 2.73. The quantitative estimate of drug-likeness (QED) is 0.717. The highest BCUT2D eigenvalue weighted by molar-refractivity contribution is 5.88. The highest BCUT2D eigenvalue weighted by Gasteiger charge is 2.39. The molecule has 0 bridgehead atoms. The molecule has 1 rings (SSSR count). The zero-order chi connectivity index (χ0) is 13.2. The van der Waals surface area contributed by atoms with Gasteiger partial charge in [-0.2, -0.15) is 0 Å². The van der Waals surface area contributed by atoms with Crippen LogP contribution in [0.2, 0.25) is 0 Å². The van der Waals surface area contributed by atoms with Gasteiger partial charge in [0.15, 0.2) is 0 Å². The first-order valence-corrected chi connectivity index (χ1v) is 5.93. The number of carbonyl (C=O) groups is 2. The molecule has 0 unspecified atom stereocenters. The molecule has 1 aliphatic heterocycles. The highest BCUT2D eigenvalue weighted by Crippen LogP contribution is 2.24. The fourth-order valence-electron chi connectivity index (χ4n) is 1.96. The van der Waals surface area contributed by atoms with Crippen molar-refractivity contribution in [3.8, 4) is 0 Å². The van der Waals surface area contributed by atoms with E-state index in [0.717, 1.165) is 6.42 Å². The van der Waals surface area contributed by atoms with Crippen molar-refractivity contribution in [2.45, 2.75) is 45.7 Å². The highest BCUT2D eigenvalue weighted by atomic mass is 16.5. The molecule has 1 heterocycles. The van der Waals surface area contributed by atoms with Gasteiger partial charge in [-0.05, 0) is 18.3 Å². The van der Waals surface area contributed by atoms with Gasteiger partial charge in [-0.15, -0.1) is 0 Å². The van der Waals surface area contributed by atoms with Crippen molar-refractivity contribution in [3.05, 3.63) is 0 Å². The number of methoxy groups -OCH3 is 1. The molecule has 1 aliphatic rings. The van der Waals surface area contributed by atoms with Crippen molar-refractivity contribution in [1.82, 2.24) is 4.90 Å². The standard InChI is InChI=1S/C12H22N2O3/c1-12(2,3)9(13)10(15)14-7-5-6-8(14)11(16)17-4/h8-9H,5-7,13H2,1-4H3/t8-,9+/m0/s1. The summed E-state index contributed by atoms with van der Waals surface area (Å²) < 4.78 is 4.71. The van der Waals surface area contributed by atoms with Gasteiger partial charge in [0, 0.05) is 6.54 Å². The number of likely N-dealkylation sites (tertiary alicyclic amines) is 1. The van der Waals surface area contributed by atoms with Crippen LogP contribution in [-0.4, -0.2) is 42.5 Å². The van der Waals surface area contributed by atoms with E-state index in [1.807, 2.05) is 20.8 Å². The van der Waals surface area contributed by atoms with Crippen LogP contribution in [0, 0.1) is 5.41 Å². The second-order valence-corrected chi connectivity index (χ2v) is 5.56. The van der Waals surface area contributed by atoms with E-state index in [9.17, 15) is 9.59 Å². The monoisotopic (exact) mass is 242 g/mol. The first-order valence-electron chi connectivity index (χ1n) is 5.93. The molecule has 98 valence electrons. The van der Waals surface area contributed by atoms with Crippen LogP contribution in [0.1, 0.15) is 33.6 Å². The smallest absolute Gasteiger partial charge is 0.328 e. The van der Waals surface area contributed by atoms with E-state index in [-0.39, 0.29) is 17.3 Å². The molecule has 0 saturated carbocycles. The second kappa shape index (κ2) is 5.04. The number of hydrogen-bond acceptors (Lipinski definition) is 4. The van der Waals surface area contributed by atoms with E-state index < -0.39 is 12.1 Å². The summed E-state index contributed by atoms with van der Waals surface area (Å²) in [6.07, 6.45) is 1.48. The molecule has 17 heavy (non-hydrogen) atoms. The number of amides is 1. The molecule has 0 radical (unpaired) electrons. The number of nitrogens with zero attached hydrogens (tertiary/aromatic N) is 1. The summed E-state index contributed by atoms with van der Waals surface area (Å²) in [6.45, 7) is 6.33. The third kappa shape index (κ3) is 2.97. The zero-order valence-corrected chi connectivity index (χ0v) is 11.0. The lowest BCUT2D eigenvalue weighted by Crippen LogP contribution is -2.53. The van der Waals surface area contributed by atoms with Crippen molar-refractivity contribution >= 4 is 11.9 Å². The Balaban J connectivity index is 2.78. The molecule has 0 aliphatic carbocycles. The van der Waals surface area contributed by atoms with Crippen molar-refractivity contribution in [1.29, 1.82) is 0 Å². The van der Waals surface area contributed by atoms with Gasteiger partial charge < -0.3 is 15.4 Å². The summed E-state index contributed by atoms with van der Waals surface area (Å²) in [5.41, 5.74) is 5.63. The Morgan fingerprint density at radius 1 is 1.41 bits per heavy atom. The lowest BCUT2D eigenvalue weighted by molar-refractivity contribution is -0.152. The lowest BCUT2D eigenvalue weighted by Gasteiger charge is -2.32. The Kier molecular flexibility index (Phi) is 4.14. The van der Waals surface area contributed by atoms with Crippen LogP contribution in [0.4, 0.5) is 0 Å². The van der Waals surface area contributed by atoms with Gasteiger partial charge >= 0.3 is 5.97 Å². The number of nitrogens with two attached hydrogens (primary N) is 1. The molecule has 2 N–H and O–H groups in total. The maximum Gasteiger partial charge on any atom is 0.328 e. The molecule has 0 aromatic heterocycles. The Bertz CT molecular complexity index is 309. The Labute approximate surface area is 102 Å². The average molecular weight is 242 g/mol. The zero-order valence-electron chi connectivity index (χ0n) is 11.0. The molecule has 1 fully saturated rings. The minimum absolute atomic E-state index is 0.162. The van der Waals surface area contributed by atoms with Crippen LogP contribution in [0.5, 0.6) is 0 Å². The van der Waals surface area contributed by atoms with E-state index in [0.29, 0.717) is 13.0 Å². The summed E-state index contributed by atoms with van der Waals surface area (Å²) in [7, 11) is 1.34. The fourth-order valence-corrected chi connectivity index (χ4v) is 1.96. The van der Waals surface area contributed by atoms with Crippen molar-refractivity contribution < 1.29 is 14.3 Å². The van der Waals surface area contributed by atoms with Gasteiger partial charge in [-0.1, -0.05) is 20.8 Å². The van der Waals surface area contributed by atoms with Crippen LogP contribution in [0.3, 0.4) is 0 Å². The van der Waals surface area contributed by atoms with Gasteiger partial charge in [0.25, 0.3) is 0 Å². The number of ether oxygens (including phenoxy) is 1. The summed E-state index contributed by atoms with van der Waals surface area (Å²) in [4.78, 5) is 25.3. The van der Waals surface area contributed by atoms with Crippen LogP contribution in [0.25, 0.3) is 0 Å². The van der Waals surface area contributed by atoms with Crippen molar-refractivity contribution in [2.75, 3.05) is 13.7 Å². The lowest BCUT2D eigenvalue weighted by atomic mass is 9.86. The van der Waals surface area contributed by atoms with E-state index in [1.54, 1.807) is 4.90 Å².